The molecule has 0 aliphatic carbocycles. The third kappa shape index (κ3) is 2.96. The molecule has 1 aliphatic heterocycles. The lowest BCUT2D eigenvalue weighted by molar-refractivity contribution is -0.116. The van der Waals surface area contributed by atoms with Crippen molar-refractivity contribution >= 4 is 52.3 Å². The van der Waals surface area contributed by atoms with Gasteiger partial charge in [-0.2, -0.15) is 4.99 Å². The largest absolute Gasteiger partial charge is 0.313 e. The highest BCUT2D eigenvalue weighted by molar-refractivity contribution is 6.43. The Morgan fingerprint density at radius 2 is 2.04 bits per heavy atom. The number of benzene rings is 2. The van der Waals surface area contributed by atoms with E-state index in [0.29, 0.717) is 5.69 Å². The number of hydrogen-bond acceptors (Lipinski definition) is 4. The molecule has 126 valence electrons. The molecule has 8 heteroatoms. The number of hydrogen-bond donors (Lipinski definition) is 0. The number of rotatable bonds is 2. The highest BCUT2D eigenvalue weighted by Crippen LogP contribution is 2.43. The van der Waals surface area contributed by atoms with E-state index < -0.39 is 5.82 Å². The van der Waals surface area contributed by atoms with Gasteiger partial charge in [0.2, 0.25) is 12.0 Å². The maximum absolute atomic E-state index is 14.3. The number of fused-ring (bicyclic) bond motifs is 1. The monoisotopic (exact) mass is 377 g/mol. The normalized spacial score (nSPS) is 13.7. The molecular formula is C17H10Cl2FN3O2. The molecule has 0 saturated heterocycles. The molecule has 0 saturated carbocycles. The van der Waals surface area contributed by atoms with Gasteiger partial charge in [0.1, 0.15) is 18.0 Å². The Labute approximate surface area is 152 Å². The molecule has 1 heterocycles. The maximum atomic E-state index is 14.3. The summed E-state index contributed by atoms with van der Waals surface area (Å²) in [5, 5.41) is 0.0657. The average Bonchev–Trinajstić information content (AvgIpc) is 2.71. The number of nitrogens with zero attached hydrogens (tertiary/aromatic N) is 3. The summed E-state index contributed by atoms with van der Waals surface area (Å²) in [5.74, 6) is -0.831. The van der Waals surface area contributed by atoms with Crippen LogP contribution in [0.4, 0.5) is 15.8 Å². The molecule has 0 spiro atoms. The summed E-state index contributed by atoms with van der Waals surface area (Å²) < 4.78 is 14.3. The zero-order chi connectivity index (χ0) is 18.1. The highest BCUT2D eigenvalue weighted by atomic mass is 35.5. The van der Waals surface area contributed by atoms with Crippen molar-refractivity contribution in [1.82, 2.24) is 0 Å². The molecule has 0 fully saturated rings. The van der Waals surface area contributed by atoms with Gasteiger partial charge in [-0.25, -0.2) is 9.18 Å². The summed E-state index contributed by atoms with van der Waals surface area (Å²) in [6, 6.07) is 7.44. The van der Waals surface area contributed by atoms with Crippen molar-refractivity contribution in [3.05, 3.63) is 57.3 Å². The minimum atomic E-state index is -0.518. The lowest BCUT2D eigenvalue weighted by atomic mass is 9.99. The Morgan fingerprint density at radius 3 is 2.72 bits per heavy atom. The number of benzodiazepines with no additional fused rings is 1. The van der Waals surface area contributed by atoms with Gasteiger partial charge in [0, 0.05) is 18.2 Å². The summed E-state index contributed by atoms with van der Waals surface area (Å²) in [6.07, 6.45) is 1.39. The van der Waals surface area contributed by atoms with E-state index in [1.165, 1.54) is 36.2 Å². The van der Waals surface area contributed by atoms with Crippen LogP contribution in [-0.4, -0.2) is 31.3 Å². The molecule has 2 aromatic carbocycles. The molecule has 25 heavy (non-hydrogen) atoms. The van der Waals surface area contributed by atoms with Crippen molar-refractivity contribution in [2.45, 2.75) is 0 Å². The van der Waals surface area contributed by atoms with Gasteiger partial charge in [-0.1, -0.05) is 35.3 Å². The van der Waals surface area contributed by atoms with Crippen LogP contribution < -0.4 is 4.90 Å². The summed E-state index contributed by atoms with van der Waals surface area (Å²) >= 11 is 12.5. The van der Waals surface area contributed by atoms with Crippen molar-refractivity contribution in [1.29, 1.82) is 0 Å². The second-order valence-electron chi connectivity index (χ2n) is 5.22. The number of halogens is 3. The van der Waals surface area contributed by atoms with Crippen LogP contribution in [0.3, 0.4) is 0 Å². The Morgan fingerprint density at radius 1 is 1.32 bits per heavy atom. The van der Waals surface area contributed by atoms with E-state index in [4.69, 9.17) is 23.2 Å². The van der Waals surface area contributed by atoms with E-state index in [-0.39, 0.29) is 45.0 Å². The Balaban J connectivity index is 2.40. The summed E-state index contributed by atoms with van der Waals surface area (Å²) in [6.45, 7) is -0.185. The summed E-state index contributed by atoms with van der Waals surface area (Å²) in [5.41, 5.74) is 0.985. The van der Waals surface area contributed by atoms with Crippen LogP contribution >= 0.6 is 23.2 Å². The van der Waals surface area contributed by atoms with Gasteiger partial charge in [-0.05, 0) is 18.2 Å². The topological polar surface area (TPSA) is 62.1 Å². The first kappa shape index (κ1) is 17.3. The lowest BCUT2D eigenvalue weighted by Gasteiger charge is -2.20. The fourth-order valence-electron chi connectivity index (χ4n) is 2.57. The van der Waals surface area contributed by atoms with E-state index in [2.05, 4.69) is 9.98 Å². The molecule has 1 aliphatic rings. The average molecular weight is 378 g/mol. The molecule has 0 radical (unpaired) electrons. The second kappa shape index (κ2) is 6.76. The van der Waals surface area contributed by atoms with Gasteiger partial charge in [0.25, 0.3) is 0 Å². The fraction of sp³-hybridized carbons (Fsp3) is 0.118. The SMILES string of the molecule is CN1C(=O)CN=C(c2ccccc2F)c2c1cc(Cl)c(N=C=O)c2Cl. The molecule has 1 amide bonds. The number of carbonyl (C=O) groups excluding carboxylic acids is 2. The van der Waals surface area contributed by atoms with E-state index in [1.54, 1.807) is 12.1 Å². The molecule has 0 aromatic heterocycles. The molecule has 0 unspecified atom stereocenters. The summed E-state index contributed by atoms with van der Waals surface area (Å²) in [4.78, 5) is 32.0. The Bertz CT molecular complexity index is 969. The molecule has 0 atom stereocenters. The number of isocyanates is 1. The number of amides is 1. The Hall–Kier alpha value is -2.53. The lowest BCUT2D eigenvalue weighted by Crippen LogP contribution is -2.27. The first-order valence-electron chi connectivity index (χ1n) is 7.11. The van der Waals surface area contributed by atoms with Crippen molar-refractivity contribution in [2.24, 2.45) is 9.98 Å². The quantitative estimate of drug-likeness (QED) is 0.588. The minimum Gasteiger partial charge on any atom is -0.313 e. The minimum absolute atomic E-state index is 0.00518. The van der Waals surface area contributed by atoms with E-state index >= 15 is 0 Å². The highest BCUT2D eigenvalue weighted by Gasteiger charge is 2.29. The van der Waals surface area contributed by atoms with Crippen LogP contribution in [0.2, 0.25) is 10.0 Å². The van der Waals surface area contributed by atoms with Crippen LogP contribution in [0.15, 0.2) is 40.3 Å². The number of anilines is 1. The van der Waals surface area contributed by atoms with Crippen LogP contribution in [0.5, 0.6) is 0 Å². The van der Waals surface area contributed by atoms with Gasteiger partial charge in [0.05, 0.1) is 21.4 Å². The van der Waals surface area contributed by atoms with Crippen LogP contribution in [-0.2, 0) is 9.59 Å². The molecule has 3 rings (SSSR count). The number of aliphatic imine (C=N–C) groups is 2. The van der Waals surface area contributed by atoms with Gasteiger partial charge >= 0.3 is 0 Å². The molecule has 0 bridgehead atoms. The Kier molecular flexibility index (Phi) is 4.68. The third-order valence-corrected chi connectivity index (χ3v) is 4.46. The number of carbonyl (C=O) groups is 1. The fourth-order valence-corrected chi connectivity index (χ4v) is 3.19. The standard InChI is InChI=1S/C17H10Cl2FN3O2/c1-23-12-6-10(18)17(22-8-24)15(19)14(12)16(21-7-13(23)25)9-4-2-3-5-11(9)20/h2-6H,7H2,1H3. The van der Waals surface area contributed by atoms with Crippen molar-refractivity contribution < 1.29 is 14.0 Å². The zero-order valence-corrected chi connectivity index (χ0v) is 14.4. The second-order valence-corrected chi connectivity index (χ2v) is 6.00. The van der Waals surface area contributed by atoms with Crippen molar-refractivity contribution in [3.63, 3.8) is 0 Å². The predicted octanol–water partition coefficient (Wildman–Crippen LogP) is 3.91. The third-order valence-electron chi connectivity index (χ3n) is 3.80. The molecule has 0 N–H and O–H groups in total. The van der Waals surface area contributed by atoms with Gasteiger partial charge in [0.15, 0.2) is 0 Å². The van der Waals surface area contributed by atoms with Crippen molar-refractivity contribution in [2.75, 3.05) is 18.5 Å². The van der Waals surface area contributed by atoms with Gasteiger partial charge < -0.3 is 4.90 Å². The van der Waals surface area contributed by atoms with E-state index in [1.807, 2.05) is 0 Å². The molecule has 2 aromatic rings. The molecular weight excluding hydrogens is 368 g/mol. The summed E-state index contributed by atoms with van der Waals surface area (Å²) in [7, 11) is 1.54. The van der Waals surface area contributed by atoms with Gasteiger partial charge in [-0.15, -0.1) is 0 Å². The predicted molar refractivity (Wildman–Crippen MR) is 94.6 cm³/mol. The number of likely N-dealkylation sites (N-methyl/N-ethyl adjacent to an activating group) is 1. The van der Waals surface area contributed by atoms with Crippen LogP contribution in [0, 0.1) is 5.82 Å². The maximum Gasteiger partial charge on any atom is 0.248 e. The zero-order valence-electron chi connectivity index (χ0n) is 12.9. The van der Waals surface area contributed by atoms with Crippen LogP contribution in [0.1, 0.15) is 11.1 Å². The van der Waals surface area contributed by atoms with E-state index in [9.17, 15) is 14.0 Å². The van der Waals surface area contributed by atoms with E-state index in [0.717, 1.165) is 0 Å². The first-order valence-corrected chi connectivity index (χ1v) is 7.87. The molecule has 5 nitrogen and oxygen atoms in total. The first-order chi connectivity index (χ1) is 12.0. The smallest absolute Gasteiger partial charge is 0.248 e. The van der Waals surface area contributed by atoms with Crippen LogP contribution in [0.25, 0.3) is 0 Å². The van der Waals surface area contributed by atoms with Crippen molar-refractivity contribution in [3.8, 4) is 0 Å². The van der Waals surface area contributed by atoms with Gasteiger partial charge in [-0.3, -0.25) is 9.79 Å².